The maximum absolute atomic E-state index is 12.4. The average molecular weight is 363 g/mol. The number of aromatic nitrogens is 2. The molecule has 0 bridgehead atoms. The summed E-state index contributed by atoms with van der Waals surface area (Å²) in [6.45, 7) is 3.76. The quantitative estimate of drug-likeness (QED) is 0.295. The van der Waals surface area contributed by atoms with Crippen molar-refractivity contribution in [1.29, 1.82) is 0 Å². The second kappa shape index (κ2) is 10.1. The van der Waals surface area contributed by atoms with Gasteiger partial charge in [-0.3, -0.25) is 0 Å². The van der Waals surface area contributed by atoms with Crippen LogP contribution in [0.5, 0.6) is 0 Å². The van der Waals surface area contributed by atoms with Gasteiger partial charge in [-0.15, -0.1) is 0 Å². The van der Waals surface area contributed by atoms with Crippen molar-refractivity contribution in [2.24, 2.45) is 4.99 Å². The van der Waals surface area contributed by atoms with Gasteiger partial charge < -0.3 is 19.3 Å². The molecule has 0 aromatic carbocycles. The van der Waals surface area contributed by atoms with E-state index in [-0.39, 0.29) is 36.0 Å². The topological polar surface area (TPSA) is 97.2 Å². The van der Waals surface area contributed by atoms with Gasteiger partial charge in [-0.2, -0.15) is 0 Å². The molecule has 1 aromatic rings. The predicted octanol–water partition coefficient (Wildman–Crippen LogP) is 1.34. The van der Waals surface area contributed by atoms with E-state index in [2.05, 4.69) is 15.0 Å². The number of carbonyl (C=O) groups excluding carboxylic acids is 2. The summed E-state index contributed by atoms with van der Waals surface area (Å²) in [6, 6.07) is 0. The number of nitrogens with zero attached hydrogens (tertiary/aromatic N) is 5. The third-order valence-electron chi connectivity index (χ3n) is 2.81. The number of rotatable bonds is 8. The number of hydrogen-bond donors (Lipinski definition) is 0. The second-order valence-corrected chi connectivity index (χ2v) is 5.59. The largest absolute Gasteiger partial charge is 0.462 e. The minimum Gasteiger partial charge on any atom is -0.462 e. The number of aliphatic imine (C=N–C) groups is 1. The van der Waals surface area contributed by atoms with Crippen LogP contribution in [0.3, 0.4) is 0 Å². The lowest BCUT2D eigenvalue weighted by Gasteiger charge is -2.14. The molecule has 0 aliphatic carbocycles. The Hall–Kier alpha value is -2.97. The molecule has 0 radical (unpaired) electrons. The zero-order chi connectivity index (χ0) is 19.7. The van der Waals surface area contributed by atoms with Crippen LogP contribution < -0.4 is 0 Å². The minimum absolute atomic E-state index is 0.0665. The van der Waals surface area contributed by atoms with E-state index < -0.39 is 11.9 Å². The van der Waals surface area contributed by atoms with Gasteiger partial charge in [0.2, 0.25) is 0 Å². The molecule has 0 atom stereocenters. The smallest absolute Gasteiger partial charge is 0.341 e. The molecule has 1 aromatic heterocycles. The van der Waals surface area contributed by atoms with E-state index in [4.69, 9.17) is 9.47 Å². The van der Waals surface area contributed by atoms with E-state index in [0.29, 0.717) is 0 Å². The van der Waals surface area contributed by atoms with Crippen LogP contribution in [-0.2, 0) is 14.3 Å². The summed E-state index contributed by atoms with van der Waals surface area (Å²) in [5.41, 5.74) is 0.289. The highest BCUT2D eigenvalue weighted by Gasteiger charge is 2.24. The average Bonchev–Trinajstić information content (AvgIpc) is 2.57. The van der Waals surface area contributed by atoms with E-state index in [0.717, 1.165) is 0 Å². The fourth-order valence-corrected chi connectivity index (χ4v) is 1.84. The van der Waals surface area contributed by atoms with Crippen molar-refractivity contribution in [2.75, 3.05) is 41.4 Å². The summed E-state index contributed by atoms with van der Waals surface area (Å²) >= 11 is 0. The highest BCUT2D eigenvalue weighted by molar-refractivity contribution is 6.18. The Morgan fingerprint density at radius 1 is 1.12 bits per heavy atom. The van der Waals surface area contributed by atoms with Gasteiger partial charge in [0, 0.05) is 40.6 Å². The molecule has 0 aliphatic heterocycles. The molecule has 0 amide bonds. The molecule has 0 aliphatic rings. The van der Waals surface area contributed by atoms with Gasteiger partial charge in [0.05, 0.1) is 25.2 Å². The lowest BCUT2D eigenvalue weighted by molar-refractivity contribution is -0.136. The van der Waals surface area contributed by atoms with E-state index in [1.165, 1.54) is 18.7 Å². The van der Waals surface area contributed by atoms with Gasteiger partial charge in [-0.05, 0) is 13.8 Å². The molecule has 142 valence electrons. The molecule has 9 heteroatoms. The standard InChI is InChI=1S/C17H25N5O4/c1-7-25-15(23)12-9-18-17(19-11-22(5)6)20-14(12)13(10-21(3)4)16(24)26-8-2/h9-11H,7-8H2,1-6H3/b13-10-,19-11+. The summed E-state index contributed by atoms with van der Waals surface area (Å²) in [5, 5.41) is 0. The third-order valence-corrected chi connectivity index (χ3v) is 2.81. The Bertz CT molecular complexity index is 698. The van der Waals surface area contributed by atoms with Crippen LogP contribution in [0.2, 0.25) is 0 Å². The molecule has 0 spiro atoms. The SMILES string of the molecule is CCOC(=O)/C(=C\N(C)C)c1nc(/N=C/N(C)C)ncc1C(=O)OCC. The number of hydrogen-bond acceptors (Lipinski definition) is 8. The highest BCUT2D eigenvalue weighted by Crippen LogP contribution is 2.22. The Balaban J connectivity index is 3.54. The van der Waals surface area contributed by atoms with Crippen LogP contribution in [0.4, 0.5) is 5.95 Å². The number of ether oxygens (including phenoxy) is 2. The lowest BCUT2D eigenvalue weighted by atomic mass is 10.1. The molecular formula is C17H25N5O4. The second-order valence-electron chi connectivity index (χ2n) is 5.59. The molecule has 9 nitrogen and oxygen atoms in total. The zero-order valence-corrected chi connectivity index (χ0v) is 16.0. The van der Waals surface area contributed by atoms with Crippen molar-refractivity contribution < 1.29 is 19.1 Å². The molecule has 0 N–H and O–H groups in total. The number of carbonyl (C=O) groups is 2. The fraction of sp³-hybridized carbons (Fsp3) is 0.471. The monoisotopic (exact) mass is 363 g/mol. The highest BCUT2D eigenvalue weighted by atomic mass is 16.5. The minimum atomic E-state index is -0.625. The summed E-state index contributed by atoms with van der Waals surface area (Å²) in [7, 11) is 7.09. The van der Waals surface area contributed by atoms with Gasteiger partial charge in [-0.25, -0.2) is 24.5 Å². The first-order valence-corrected chi connectivity index (χ1v) is 8.10. The normalized spacial score (nSPS) is 11.4. The predicted molar refractivity (Wildman–Crippen MR) is 98.1 cm³/mol. The third kappa shape index (κ3) is 6.15. The van der Waals surface area contributed by atoms with Crippen molar-refractivity contribution in [3.8, 4) is 0 Å². The maximum Gasteiger partial charge on any atom is 0.341 e. The molecule has 0 fully saturated rings. The van der Waals surface area contributed by atoms with E-state index in [1.807, 2.05) is 0 Å². The number of esters is 2. The van der Waals surface area contributed by atoms with Crippen molar-refractivity contribution >= 4 is 29.8 Å². The van der Waals surface area contributed by atoms with Gasteiger partial charge in [0.15, 0.2) is 0 Å². The van der Waals surface area contributed by atoms with Gasteiger partial charge in [0.25, 0.3) is 5.95 Å². The van der Waals surface area contributed by atoms with Crippen molar-refractivity contribution in [2.45, 2.75) is 13.8 Å². The summed E-state index contributed by atoms with van der Waals surface area (Å²) in [5.74, 6) is -1.12. The molecule has 1 rings (SSSR count). The first-order valence-electron chi connectivity index (χ1n) is 8.10. The Labute approximate surface area is 153 Å². The maximum atomic E-state index is 12.4. The van der Waals surface area contributed by atoms with Crippen molar-refractivity contribution in [3.63, 3.8) is 0 Å². The van der Waals surface area contributed by atoms with Crippen LogP contribution in [0.15, 0.2) is 17.4 Å². The Morgan fingerprint density at radius 3 is 2.31 bits per heavy atom. The van der Waals surface area contributed by atoms with Gasteiger partial charge >= 0.3 is 11.9 Å². The van der Waals surface area contributed by atoms with Crippen LogP contribution in [0, 0.1) is 0 Å². The molecular weight excluding hydrogens is 338 g/mol. The van der Waals surface area contributed by atoms with E-state index in [9.17, 15) is 9.59 Å². The summed E-state index contributed by atoms with van der Waals surface area (Å²) in [4.78, 5) is 40.5. The Morgan fingerprint density at radius 2 is 1.77 bits per heavy atom. The van der Waals surface area contributed by atoms with Gasteiger partial charge in [-0.1, -0.05) is 0 Å². The van der Waals surface area contributed by atoms with Gasteiger partial charge in [0.1, 0.15) is 11.1 Å². The molecule has 1 heterocycles. The van der Waals surface area contributed by atoms with Crippen LogP contribution >= 0.6 is 0 Å². The molecule has 0 saturated carbocycles. The Kier molecular flexibility index (Phi) is 8.20. The van der Waals surface area contributed by atoms with E-state index in [1.54, 1.807) is 51.8 Å². The van der Waals surface area contributed by atoms with Crippen LogP contribution in [0.25, 0.3) is 5.57 Å². The summed E-state index contributed by atoms with van der Waals surface area (Å²) in [6.07, 6.45) is 4.34. The lowest BCUT2D eigenvalue weighted by Crippen LogP contribution is -2.17. The summed E-state index contributed by atoms with van der Waals surface area (Å²) < 4.78 is 10.1. The van der Waals surface area contributed by atoms with Crippen LogP contribution in [0.1, 0.15) is 29.9 Å². The zero-order valence-electron chi connectivity index (χ0n) is 16.0. The molecule has 0 unspecified atom stereocenters. The first kappa shape index (κ1) is 21.1. The first-order chi connectivity index (χ1) is 12.3. The molecule has 26 heavy (non-hydrogen) atoms. The fourth-order valence-electron chi connectivity index (χ4n) is 1.84. The van der Waals surface area contributed by atoms with Crippen molar-refractivity contribution in [3.05, 3.63) is 23.7 Å². The van der Waals surface area contributed by atoms with Crippen LogP contribution in [-0.4, -0.2) is 79.4 Å². The van der Waals surface area contributed by atoms with E-state index >= 15 is 0 Å². The van der Waals surface area contributed by atoms with Crippen molar-refractivity contribution in [1.82, 2.24) is 19.8 Å². The molecule has 0 saturated heterocycles.